The average Bonchev–Trinajstić information content (AvgIpc) is 4.02. The van der Waals surface area contributed by atoms with Gasteiger partial charge in [0.2, 0.25) is 0 Å². The molecule has 4 aliphatic heterocycles. The monoisotopic (exact) mass is 1240 g/mol. The van der Waals surface area contributed by atoms with Gasteiger partial charge in [-0.05, 0) is 49.2 Å². The Morgan fingerprint density at radius 1 is 0.637 bits per heavy atom. The lowest BCUT2D eigenvalue weighted by atomic mass is 10.1. The van der Waals surface area contributed by atoms with Gasteiger partial charge in [-0.15, -0.1) is 0 Å². The van der Waals surface area contributed by atoms with Crippen LogP contribution in [0.15, 0.2) is 76.2 Å². The van der Waals surface area contributed by atoms with Crippen LogP contribution in [0.25, 0.3) is 0 Å². The van der Waals surface area contributed by atoms with Gasteiger partial charge in [-0.25, -0.2) is 4.79 Å². The number of thioether (sulfide) groups is 5. The van der Waals surface area contributed by atoms with Crippen molar-refractivity contribution < 1.29 is 66.7 Å². The number of halogens is 2. The van der Waals surface area contributed by atoms with Gasteiger partial charge in [0.05, 0.1) is 88.5 Å². The second-order valence-electron chi connectivity index (χ2n) is 18.2. The first-order valence-electron chi connectivity index (χ1n) is 25.7. The van der Waals surface area contributed by atoms with Crippen molar-refractivity contribution in [3.8, 4) is 12.1 Å². The molecule has 19 nitrogen and oxygen atoms in total. The predicted octanol–water partition coefficient (Wildman–Crippen LogP) is 8.48. The molecule has 0 spiro atoms. The summed E-state index contributed by atoms with van der Waals surface area (Å²) in [6, 6.07) is 14.3. The van der Waals surface area contributed by atoms with Crippen molar-refractivity contribution in [2.75, 3.05) is 127 Å². The smallest absolute Gasteiger partial charge is 0.351 e. The van der Waals surface area contributed by atoms with Crippen molar-refractivity contribution >= 4 is 135 Å². The molecule has 0 aliphatic carbocycles. The van der Waals surface area contributed by atoms with Crippen molar-refractivity contribution in [3.63, 3.8) is 0 Å². The van der Waals surface area contributed by atoms with Gasteiger partial charge in [0, 0.05) is 74.1 Å². The molecule has 2 saturated heterocycles. The van der Waals surface area contributed by atoms with Gasteiger partial charge in [0.25, 0.3) is 0 Å². The number of esters is 6. The Morgan fingerprint density at radius 2 is 1.14 bits per heavy atom. The Morgan fingerprint density at radius 3 is 1.69 bits per heavy atom. The predicted molar refractivity (Wildman–Crippen MR) is 313 cm³/mol. The number of carbonyl (C=O) groups excluding carboxylic acids is 6. The number of hydrogen-bond donors (Lipinski definition) is 1. The Kier molecular flexibility index (Phi) is 27.7. The van der Waals surface area contributed by atoms with E-state index < -0.39 is 47.9 Å². The molecule has 0 bridgehead atoms. The summed E-state index contributed by atoms with van der Waals surface area (Å²) < 4.78 is 43.9. The normalized spacial score (nSPS) is 17.6. The molecule has 26 heteroatoms. The Bertz CT molecular complexity index is 2630. The largest absolute Gasteiger partial charge is 0.466 e. The number of nitrogens with one attached hydrogen (secondary N) is 1. The van der Waals surface area contributed by atoms with Gasteiger partial charge in [-0.1, -0.05) is 59.3 Å². The van der Waals surface area contributed by atoms with Crippen LogP contribution in [0, 0.1) is 28.6 Å². The first kappa shape index (κ1) is 64.3. The quantitative estimate of drug-likeness (QED) is 0.0210. The van der Waals surface area contributed by atoms with Gasteiger partial charge in [0.1, 0.15) is 42.7 Å². The lowest BCUT2D eigenvalue weighted by Crippen LogP contribution is -2.45. The molecular weight excluding hydrogens is 1170 g/mol. The Hall–Kier alpha value is -4.89. The standard InChI is InChI=1S/C54H63Cl2N5O14S5/c1-35-27-76-31-39(32-77-28-35)74-49(64)11-9-47(62)70-15-3-13-60-44-7-5-37(55)23-43(44)59-51(60)41(25-57)53(66)72-21-19-68-17-18-69-20-22-73-54(67)42(26-58)52-61(45-8-6-38(56)24-46(45)80-52)14-4-16-71-48(63)10-12-50(65)75-40-33-78-29-36(2)30-79-34-40/h5-8,23-24,39-41,51,59H,1-4,9-22,27-34H2/b52-42-. The zero-order chi connectivity index (χ0) is 57.2. The van der Waals surface area contributed by atoms with Gasteiger partial charge in [-0.3, -0.25) is 24.0 Å². The zero-order valence-electron chi connectivity index (χ0n) is 44.0. The minimum atomic E-state index is -1.27. The third-order valence-corrected chi connectivity index (χ3v) is 18.3. The molecular formula is C54H63Cl2N5O14S5. The fourth-order valence-electron chi connectivity index (χ4n) is 8.09. The minimum Gasteiger partial charge on any atom is -0.466 e. The first-order chi connectivity index (χ1) is 38.7. The zero-order valence-corrected chi connectivity index (χ0v) is 49.6. The summed E-state index contributed by atoms with van der Waals surface area (Å²) in [6.07, 6.45) is -1.05. The van der Waals surface area contributed by atoms with Crippen LogP contribution in [0.3, 0.4) is 0 Å². The summed E-state index contributed by atoms with van der Waals surface area (Å²) in [5.41, 5.74) is 4.08. The maximum absolute atomic E-state index is 13.3. The number of benzene rings is 2. The molecule has 4 heterocycles. The van der Waals surface area contributed by atoms with Crippen LogP contribution in [0.5, 0.6) is 0 Å². The van der Waals surface area contributed by atoms with Crippen molar-refractivity contribution in [3.05, 3.63) is 81.3 Å². The maximum atomic E-state index is 13.3. The topological polar surface area (TPSA) is 242 Å². The van der Waals surface area contributed by atoms with E-state index in [0.717, 1.165) is 39.1 Å². The fraction of sp³-hybridized carbons (Fsp3) is 0.519. The average molecular weight is 1240 g/mol. The lowest BCUT2D eigenvalue weighted by Gasteiger charge is -2.29. The molecule has 432 valence electrons. The number of ether oxygens (including phenoxy) is 8. The molecule has 2 aromatic rings. The van der Waals surface area contributed by atoms with E-state index in [0.29, 0.717) is 74.5 Å². The van der Waals surface area contributed by atoms with E-state index in [9.17, 15) is 39.3 Å². The van der Waals surface area contributed by atoms with Crippen LogP contribution in [0.4, 0.5) is 17.1 Å². The number of nitrogens with zero attached hydrogens (tertiary/aromatic N) is 4. The Labute approximate surface area is 497 Å². The first-order valence-corrected chi connectivity index (χ1v) is 31.9. The number of nitriles is 2. The highest BCUT2D eigenvalue weighted by Crippen LogP contribution is 2.48. The maximum Gasteiger partial charge on any atom is 0.351 e. The fourth-order valence-corrected chi connectivity index (χ4v) is 14.1. The highest BCUT2D eigenvalue weighted by atomic mass is 35.5. The Balaban J connectivity index is 0.855. The summed E-state index contributed by atoms with van der Waals surface area (Å²) >= 11 is 20.4. The van der Waals surface area contributed by atoms with E-state index in [4.69, 9.17) is 61.1 Å². The third kappa shape index (κ3) is 21.1. The second kappa shape index (κ2) is 34.5. The number of carbonyl (C=O) groups is 6. The SMILES string of the molecule is C=C1CSCC(OC(=O)CCC(=O)OCCCN2/C(=C(\C#N)C(=O)OCCOCCOCCOC(=O)C(C#N)C3Nc4cc(Cl)ccc4N3CCCOC(=O)CCC(=O)OC3CSCC(=C)CSC3)Sc3cc(Cl)ccc32)CSC1. The highest BCUT2D eigenvalue weighted by Gasteiger charge is 2.40. The molecule has 4 aliphatic rings. The highest BCUT2D eigenvalue weighted by molar-refractivity contribution is 8.04. The van der Waals surface area contributed by atoms with Crippen molar-refractivity contribution in [1.29, 1.82) is 10.5 Å². The van der Waals surface area contributed by atoms with Crippen molar-refractivity contribution in [2.24, 2.45) is 5.92 Å². The molecule has 0 radical (unpaired) electrons. The summed E-state index contributed by atoms with van der Waals surface area (Å²) in [5.74, 6) is 1.06. The lowest BCUT2D eigenvalue weighted by molar-refractivity contribution is -0.152. The summed E-state index contributed by atoms with van der Waals surface area (Å²) in [6.45, 7) is 8.53. The summed E-state index contributed by atoms with van der Waals surface area (Å²) in [4.78, 5) is 80.8. The van der Waals surface area contributed by atoms with E-state index in [1.165, 1.54) is 11.8 Å². The van der Waals surface area contributed by atoms with E-state index >= 15 is 0 Å². The van der Waals surface area contributed by atoms with Gasteiger partial charge >= 0.3 is 35.8 Å². The molecule has 80 heavy (non-hydrogen) atoms. The molecule has 2 fully saturated rings. The number of anilines is 3. The van der Waals surface area contributed by atoms with Gasteiger partial charge < -0.3 is 53.0 Å². The van der Waals surface area contributed by atoms with Gasteiger partial charge in [-0.2, -0.15) is 57.6 Å². The summed E-state index contributed by atoms with van der Waals surface area (Å²) in [7, 11) is 0. The molecule has 0 aromatic heterocycles. The van der Waals surface area contributed by atoms with Crippen LogP contribution in [0.1, 0.15) is 38.5 Å². The van der Waals surface area contributed by atoms with Crippen LogP contribution < -0.4 is 15.1 Å². The molecule has 2 aromatic carbocycles. The summed E-state index contributed by atoms with van der Waals surface area (Å²) in [5, 5.41) is 24.8. The molecule has 1 N–H and O–H groups in total. The van der Waals surface area contributed by atoms with Crippen LogP contribution in [0.2, 0.25) is 10.0 Å². The number of rotatable bonds is 28. The van der Waals surface area contributed by atoms with E-state index in [-0.39, 0.29) is 103 Å². The van der Waals surface area contributed by atoms with Crippen LogP contribution in [-0.4, -0.2) is 166 Å². The molecule has 0 amide bonds. The minimum absolute atomic E-state index is 0.00518. The van der Waals surface area contributed by atoms with E-state index in [2.05, 4.69) is 24.5 Å². The number of fused-ring (bicyclic) bond motifs is 2. The molecule has 2 atom stereocenters. The molecule has 0 saturated carbocycles. The third-order valence-electron chi connectivity index (χ3n) is 11.8. The van der Waals surface area contributed by atoms with Crippen molar-refractivity contribution in [2.45, 2.75) is 61.8 Å². The molecule has 6 rings (SSSR count). The van der Waals surface area contributed by atoms with Gasteiger partial charge in [0.15, 0.2) is 11.5 Å². The number of hydrogen-bond acceptors (Lipinski definition) is 24. The van der Waals surface area contributed by atoms with E-state index in [1.807, 2.05) is 11.0 Å². The van der Waals surface area contributed by atoms with Crippen molar-refractivity contribution in [1.82, 2.24) is 0 Å². The van der Waals surface area contributed by atoms with E-state index in [1.54, 1.807) is 88.3 Å². The van der Waals surface area contributed by atoms with Crippen LogP contribution >= 0.6 is 82.0 Å². The molecule has 2 unspecified atom stereocenters. The van der Waals surface area contributed by atoms with Crippen LogP contribution in [-0.2, 0) is 66.7 Å². The second-order valence-corrected chi connectivity index (χ2v) is 24.2.